The monoisotopic (exact) mass is 488 g/mol. The van der Waals surface area contributed by atoms with Crippen LogP contribution in [0.5, 0.6) is 11.5 Å². The minimum absolute atomic E-state index is 0. The van der Waals surface area contributed by atoms with Gasteiger partial charge in [-0.3, -0.25) is 4.79 Å². The number of benzene rings is 2. The molecular formula is C27H37ClN2O4. The van der Waals surface area contributed by atoms with E-state index in [-0.39, 0.29) is 23.7 Å². The van der Waals surface area contributed by atoms with Crippen molar-refractivity contribution in [2.45, 2.75) is 40.0 Å². The highest BCUT2D eigenvalue weighted by Crippen LogP contribution is 2.39. The summed E-state index contributed by atoms with van der Waals surface area (Å²) < 4.78 is 17.2. The molecule has 7 heteroatoms. The van der Waals surface area contributed by atoms with Gasteiger partial charge in [-0.1, -0.05) is 45.0 Å². The molecule has 0 atom stereocenters. The van der Waals surface area contributed by atoms with Gasteiger partial charge in [0.25, 0.3) is 0 Å². The van der Waals surface area contributed by atoms with Gasteiger partial charge in [0.05, 0.1) is 37.8 Å². The van der Waals surface area contributed by atoms with Crippen LogP contribution in [0, 0.1) is 0 Å². The van der Waals surface area contributed by atoms with Gasteiger partial charge in [0.15, 0.2) is 0 Å². The third-order valence-electron chi connectivity index (χ3n) is 5.47. The van der Waals surface area contributed by atoms with E-state index in [1.165, 1.54) is 11.6 Å². The number of morpholine rings is 1. The highest BCUT2D eigenvalue weighted by atomic mass is 35.5. The van der Waals surface area contributed by atoms with E-state index in [1.807, 2.05) is 44.2 Å². The molecule has 2 aromatic rings. The summed E-state index contributed by atoms with van der Waals surface area (Å²) in [7, 11) is 0. The number of ether oxygens (including phenoxy) is 3. The highest BCUT2D eigenvalue weighted by molar-refractivity contribution is 6.03. The zero-order valence-corrected chi connectivity index (χ0v) is 21.7. The molecule has 1 aliphatic heterocycles. The van der Waals surface area contributed by atoms with E-state index in [2.05, 4.69) is 43.1 Å². The Morgan fingerprint density at radius 3 is 2.24 bits per heavy atom. The van der Waals surface area contributed by atoms with Gasteiger partial charge in [-0.15, -0.1) is 12.4 Å². The maximum Gasteiger partial charge on any atom is 0.248 e. The van der Waals surface area contributed by atoms with Crippen LogP contribution in [-0.4, -0.2) is 45.4 Å². The maximum atomic E-state index is 12.7. The summed E-state index contributed by atoms with van der Waals surface area (Å²) in [5.41, 5.74) is 3.88. The molecule has 34 heavy (non-hydrogen) atoms. The van der Waals surface area contributed by atoms with Gasteiger partial charge in [0.2, 0.25) is 5.91 Å². The van der Waals surface area contributed by atoms with E-state index < -0.39 is 0 Å². The minimum atomic E-state index is -0.225. The molecule has 1 heterocycles. The average Bonchev–Trinajstić information content (AvgIpc) is 2.80. The third kappa shape index (κ3) is 7.40. The number of anilines is 2. The predicted molar refractivity (Wildman–Crippen MR) is 142 cm³/mol. The van der Waals surface area contributed by atoms with Crippen LogP contribution >= 0.6 is 12.4 Å². The Hall–Kier alpha value is -2.70. The summed E-state index contributed by atoms with van der Waals surface area (Å²) in [4.78, 5) is 14.9. The number of halogens is 1. The van der Waals surface area contributed by atoms with Crippen molar-refractivity contribution in [2.75, 3.05) is 49.7 Å². The Balaban J connectivity index is 0.00000408. The van der Waals surface area contributed by atoms with Crippen LogP contribution in [0.2, 0.25) is 0 Å². The number of nitrogens with zero attached hydrogens (tertiary/aromatic N) is 1. The summed E-state index contributed by atoms with van der Waals surface area (Å²) in [5.74, 6) is 1.12. The Bertz CT molecular complexity index is 962. The van der Waals surface area contributed by atoms with Crippen LogP contribution in [0.4, 0.5) is 11.4 Å². The molecule has 0 saturated carbocycles. The molecule has 0 radical (unpaired) electrons. The molecule has 0 aromatic heterocycles. The molecule has 1 fully saturated rings. The van der Waals surface area contributed by atoms with Crippen molar-refractivity contribution in [3.63, 3.8) is 0 Å². The predicted octanol–water partition coefficient (Wildman–Crippen LogP) is 5.69. The lowest BCUT2D eigenvalue weighted by Crippen LogP contribution is -2.36. The van der Waals surface area contributed by atoms with Crippen LogP contribution in [0.15, 0.2) is 42.5 Å². The van der Waals surface area contributed by atoms with E-state index in [4.69, 9.17) is 14.2 Å². The van der Waals surface area contributed by atoms with Crippen molar-refractivity contribution in [3.8, 4) is 11.5 Å². The zero-order chi connectivity index (χ0) is 23.8. The quantitative estimate of drug-likeness (QED) is 0.483. The molecule has 1 aliphatic rings. The lowest BCUT2D eigenvalue weighted by atomic mass is 9.87. The molecule has 186 valence electrons. The summed E-state index contributed by atoms with van der Waals surface area (Å²) >= 11 is 0. The highest BCUT2D eigenvalue weighted by Gasteiger charge is 2.20. The Morgan fingerprint density at radius 2 is 1.65 bits per heavy atom. The molecule has 2 aromatic carbocycles. The molecule has 0 aliphatic carbocycles. The van der Waals surface area contributed by atoms with Crippen LogP contribution in [0.25, 0.3) is 6.08 Å². The second kappa shape index (κ2) is 12.7. The minimum Gasteiger partial charge on any atom is -0.492 e. The van der Waals surface area contributed by atoms with Crippen LogP contribution in [-0.2, 0) is 14.9 Å². The number of hydrogen-bond acceptors (Lipinski definition) is 5. The number of hydrogen-bond donors (Lipinski definition) is 1. The van der Waals surface area contributed by atoms with E-state index in [0.29, 0.717) is 37.9 Å². The fourth-order valence-corrected chi connectivity index (χ4v) is 3.68. The van der Waals surface area contributed by atoms with Gasteiger partial charge in [-0.2, -0.15) is 0 Å². The topological polar surface area (TPSA) is 60.0 Å². The van der Waals surface area contributed by atoms with Gasteiger partial charge < -0.3 is 24.4 Å². The number of rotatable bonds is 8. The van der Waals surface area contributed by atoms with Crippen molar-refractivity contribution in [1.29, 1.82) is 0 Å². The van der Waals surface area contributed by atoms with E-state index >= 15 is 0 Å². The number of carbonyl (C=O) groups excluding carboxylic acids is 1. The normalized spacial score (nSPS) is 14.0. The van der Waals surface area contributed by atoms with Gasteiger partial charge in [-0.05, 0) is 36.5 Å². The Morgan fingerprint density at radius 1 is 1.03 bits per heavy atom. The molecule has 0 unspecified atom stereocenters. The SMILES string of the molecule is CCOc1cc(N2CCOCC2)c(OCC)cc1NC(=O)/C=C/c1ccc(C(C)(C)C)cc1.Cl. The lowest BCUT2D eigenvalue weighted by Gasteiger charge is -2.31. The first-order valence-electron chi connectivity index (χ1n) is 11.7. The Labute approximate surface area is 209 Å². The summed E-state index contributed by atoms with van der Waals surface area (Å²) in [6, 6.07) is 12.1. The summed E-state index contributed by atoms with van der Waals surface area (Å²) in [6.45, 7) is 14.4. The van der Waals surface area contributed by atoms with Crippen LogP contribution in [0.3, 0.4) is 0 Å². The molecule has 1 amide bonds. The standard InChI is InChI=1S/C27H36N2O4.ClH/c1-6-32-24-19-23(29-14-16-31-17-15-29)25(33-7-2)18-22(24)28-26(30)13-10-20-8-11-21(12-9-20)27(3,4)5;/h8-13,18-19H,6-7,14-17H2,1-5H3,(H,28,30);1H/b13-10+;. The van der Waals surface area contributed by atoms with Gasteiger partial charge in [0.1, 0.15) is 11.5 Å². The van der Waals surface area contributed by atoms with Crippen molar-refractivity contribution < 1.29 is 19.0 Å². The average molecular weight is 489 g/mol. The molecular weight excluding hydrogens is 452 g/mol. The molecule has 3 rings (SSSR count). The maximum absolute atomic E-state index is 12.7. The van der Waals surface area contributed by atoms with E-state index in [9.17, 15) is 4.79 Å². The molecule has 0 bridgehead atoms. The summed E-state index contributed by atoms with van der Waals surface area (Å²) in [5, 5.41) is 2.96. The van der Waals surface area contributed by atoms with E-state index in [1.54, 1.807) is 0 Å². The second-order valence-corrected chi connectivity index (χ2v) is 8.98. The molecule has 0 spiro atoms. The van der Waals surface area contributed by atoms with Crippen molar-refractivity contribution in [3.05, 3.63) is 53.6 Å². The largest absolute Gasteiger partial charge is 0.492 e. The zero-order valence-electron chi connectivity index (χ0n) is 20.8. The van der Waals surface area contributed by atoms with Crippen molar-refractivity contribution in [1.82, 2.24) is 0 Å². The number of nitrogens with one attached hydrogen (secondary N) is 1. The summed E-state index contributed by atoms with van der Waals surface area (Å²) in [6.07, 6.45) is 3.35. The fraction of sp³-hybridized carbons (Fsp3) is 0.444. The molecule has 1 saturated heterocycles. The van der Waals surface area contributed by atoms with Crippen molar-refractivity contribution in [2.24, 2.45) is 0 Å². The number of carbonyl (C=O) groups is 1. The van der Waals surface area contributed by atoms with Crippen LogP contribution in [0.1, 0.15) is 45.7 Å². The van der Waals surface area contributed by atoms with E-state index in [0.717, 1.165) is 30.1 Å². The molecule has 6 nitrogen and oxygen atoms in total. The second-order valence-electron chi connectivity index (χ2n) is 8.98. The Kier molecular flexibility index (Phi) is 10.3. The van der Waals surface area contributed by atoms with Gasteiger partial charge in [-0.25, -0.2) is 0 Å². The number of amides is 1. The smallest absolute Gasteiger partial charge is 0.248 e. The third-order valence-corrected chi connectivity index (χ3v) is 5.47. The van der Waals surface area contributed by atoms with Crippen LogP contribution < -0.4 is 19.7 Å². The first-order valence-corrected chi connectivity index (χ1v) is 11.7. The van der Waals surface area contributed by atoms with Gasteiger partial charge in [0, 0.05) is 31.3 Å². The molecule has 1 N–H and O–H groups in total. The first-order chi connectivity index (χ1) is 15.8. The van der Waals surface area contributed by atoms with Gasteiger partial charge >= 0.3 is 0 Å². The fourth-order valence-electron chi connectivity index (χ4n) is 3.68. The first kappa shape index (κ1) is 27.5. The van der Waals surface area contributed by atoms with Crippen molar-refractivity contribution >= 4 is 35.8 Å². The lowest BCUT2D eigenvalue weighted by molar-refractivity contribution is -0.111.